The van der Waals surface area contributed by atoms with Crippen LogP contribution in [0.3, 0.4) is 0 Å². The first-order valence-corrected chi connectivity index (χ1v) is 10.7. The van der Waals surface area contributed by atoms with Gasteiger partial charge in [-0.15, -0.1) is 0 Å². The molecule has 1 aliphatic heterocycles. The summed E-state index contributed by atoms with van der Waals surface area (Å²) in [7, 11) is 0. The third-order valence-electron chi connectivity index (χ3n) is 5.30. The summed E-state index contributed by atoms with van der Waals surface area (Å²) in [5, 5.41) is 2.84. The van der Waals surface area contributed by atoms with Gasteiger partial charge in [-0.3, -0.25) is 24.1 Å². The Hall–Kier alpha value is -2.70. The molecule has 0 saturated carbocycles. The summed E-state index contributed by atoms with van der Waals surface area (Å²) in [6.45, 7) is 6.33. The fourth-order valence-electron chi connectivity index (χ4n) is 3.37. The van der Waals surface area contributed by atoms with Crippen LogP contribution in [0, 0.1) is 11.8 Å². The van der Waals surface area contributed by atoms with Gasteiger partial charge in [-0.05, 0) is 36.5 Å². The standard InChI is InChI=1S/C23H32N2O5/c1-4-22(28)30-15-17-9-11-18(12-10-17)24-20(26)8-6-5-7-13-25-21(27)14-19(16(2)3)23(25)29/h9-12,16,19H,4-8,13-15H2,1-3H3,(H,24,26). The molecule has 1 unspecified atom stereocenters. The van der Waals surface area contributed by atoms with Crippen molar-refractivity contribution in [3.05, 3.63) is 29.8 Å². The van der Waals surface area contributed by atoms with Crippen molar-refractivity contribution in [1.82, 2.24) is 4.90 Å². The molecule has 0 bridgehead atoms. The van der Waals surface area contributed by atoms with Gasteiger partial charge in [0.2, 0.25) is 17.7 Å². The van der Waals surface area contributed by atoms with Crippen LogP contribution in [0.5, 0.6) is 0 Å². The molecule has 1 atom stereocenters. The van der Waals surface area contributed by atoms with Crippen LogP contribution in [0.1, 0.15) is 64.9 Å². The normalized spacial score (nSPS) is 16.3. The van der Waals surface area contributed by atoms with E-state index in [4.69, 9.17) is 4.74 Å². The fraction of sp³-hybridized carbons (Fsp3) is 0.565. The minimum absolute atomic E-state index is 0.0550. The summed E-state index contributed by atoms with van der Waals surface area (Å²) in [6.07, 6.45) is 3.22. The van der Waals surface area contributed by atoms with E-state index in [2.05, 4.69) is 5.32 Å². The van der Waals surface area contributed by atoms with E-state index >= 15 is 0 Å². The highest BCUT2D eigenvalue weighted by Crippen LogP contribution is 2.26. The minimum atomic E-state index is -0.245. The number of carbonyl (C=O) groups excluding carboxylic acids is 4. The van der Waals surface area contributed by atoms with E-state index in [0.29, 0.717) is 44.3 Å². The monoisotopic (exact) mass is 416 g/mol. The van der Waals surface area contributed by atoms with Gasteiger partial charge in [-0.2, -0.15) is 0 Å². The lowest BCUT2D eigenvalue weighted by Crippen LogP contribution is -2.32. The van der Waals surface area contributed by atoms with Gasteiger partial charge in [0.05, 0.1) is 0 Å². The van der Waals surface area contributed by atoms with E-state index in [1.807, 2.05) is 26.0 Å². The summed E-state index contributed by atoms with van der Waals surface area (Å²) >= 11 is 0. The molecule has 1 fully saturated rings. The van der Waals surface area contributed by atoms with Crippen molar-refractivity contribution in [2.45, 2.75) is 65.9 Å². The molecule has 3 amide bonds. The maximum atomic E-state index is 12.3. The Morgan fingerprint density at radius 1 is 1.13 bits per heavy atom. The maximum Gasteiger partial charge on any atom is 0.305 e. The van der Waals surface area contributed by atoms with Gasteiger partial charge in [0.25, 0.3) is 0 Å². The second-order valence-corrected chi connectivity index (χ2v) is 8.01. The van der Waals surface area contributed by atoms with Crippen molar-refractivity contribution < 1.29 is 23.9 Å². The first kappa shape index (κ1) is 23.6. The van der Waals surface area contributed by atoms with E-state index in [1.165, 1.54) is 4.90 Å². The Kier molecular flexibility index (Phi) is 9.02. The van der Waals surface area contributed by atoms with Crippen LogP contribution in [-0.2, 0) is 30.5 Å². The summed E-state index contributed by atoms with van der Waals surface area (Å²) < 4.78 is 5.07. The predicted octanol–water partition coefficient (Wildman–Crippen LogP) is 3.67. The van der Waals surface area contributed by atoms with Gasteiger partial charge in [0.1, 0.15) is 6.61 Å². The van der Waals surface area contributed by atoms with Crippen LogP contribution in [0.2, 0.25) is 0 Å². The molecule has 164 valence electrons. The maximum absolute atomic E-state index is 12.3. The molecule has 1 aromatic rings. The lowest BCUT2D eigenvalue weighted by atomic mass is 9.94. The molecule has 1 saturated heterocycles. The van der Waals surface area contributed by atoms with Crippen molar-refractivity contribution >= 4 is 29.4 Å². The molecule has 30 heavy (non-hydrogen) atoms. The molecule has 1 heterocycles. The van der Waals surface area contributed by atoms with Crippen molar-refractivity contribution in [3.8, 4) is 0 Å². The van der Waals surface area contributed by atoms with Gasteiger partial charge >= 0.3 is 5.97 Å². The zero-order chi connectivity index (χ0) is 22.1. The third kappa shape index (κ3) is 6.97. The van der Waals surface area contributed by atoms with Gasteiger partial charge in [-0.25, -0.2) is 0 Å². The van der Waals surface area contributed by atoms with Crippen molar-refractivity contribution in [3.63, 3.8) is 0 Å². The highest BCUT2D eigenvalue weighted by Gasteiger charge is 2.39. The van der Waals surface area contributed by atoms with Crippen molar-refractivity contribution in [2.24, 2.45) is 11.8 Å². The Labute approximate surface area is 178 Å². The zero-order valence-electron chi connectivity index (χ0n) is 18.1. The van der Waals surface area contributed by atoms with Crippen LogP contribution in [0.25, 0.3) is 0 Å². The molecule has 0 aliphatic carbocycles. The lowest BCUT2D eigenvalue weighted by molar-refractivity contribution is -0.144. The van der Waals surface area contributed by atoms with Gasteiger partial charge in [-0.1, -0.05) is 39.3 Å². The van der Waals surface area contributed by atoms with E-state index in [0.717, 1.165) is 12.0 Å². The Balaban J connectivity index is 1.64. The number of hydrogen-bond donors (Lipinski definition) is 1. The molecule has 2 rings (SSSR count). The number of nitrogens with one attached hydrogen (secondary N) is 1. The van der Waals surface area contributed by atoms with E-state index in [9.17, 15) is 19.2 Å². The molecule has 0 aromatic heterocycles. The van der Waals surface area contributed by atoms with Crippen molar-refractivity contribution in [1.29, 1.82) is 0 Å². The van der Waals surface area contributed by atoms with Gasteiger partial charge in [0.15, 0.2) is 0 Å². The van der Waals surface area contributed by atoms with Crippen molar-refractivity contribution in [2.75, 3.05) is 11.9 Å². The molecular weight excluding hydrogens is 384 g/mol. The number of amides is 3. The number of unbranched alkanes of at least 4 members (excludes halogenated alkanes) is 2. The number of nitrogens with zero attached hydrogens (tertiary/aromatic N) is 1. The highest BCUT2D eigenvalue weighted by atomic mass is 16.5. The van der Waals surface area contributed by atoms with E-state index < -0.39 is 0 Å². The van der Waals surface area contributed by atoms with Crippen LogP contribution >= 0.6 is 0 Å². The molecule has 7 nitrogen and oxygen atoms in total. The number of benzene rings is 1. The predicted molar refractivity (Wildman–Crippen MR) is 113 cm³/mol. The number of esters is 1. The Bertz CT molecular complexity index is 757. The van der Waals surface area contributed by atoms with Gasteiger partial charge in [0, 0.05) is 37.4 Å². The second kappa shape index (κ2) is 11.5. The Morgan fingerprint density at radius 3 is 2.43 bits per heavy atom. The SMILES string of the molecule is CCC(=O)OCc1ccc(NC(=O)CCCCCN2C(=O)CC(C(C)C)C2=O)cc1. The molecule has 0 radical (unpaired) electrons. The molecule has 7 heteroatoms. The van der Waals surface area contributed by atoms with Crippen LogP contribution in [0.4, 0.5) is 5.69 Å². The van der Waals surface area contributed by atoms with E-state index in [1.54, 1.807) is 19.1 Å². The number of hydrogen-bond acceptors (Lipinski definition) is 5. The number of rotatable bonds is 11. The lowest BCUT2D eigenvalue weighted by Gasteiger charge is -2.16. The number of imide groups is 1. The number of ether oxygens (including phenoxy) is 1. The number of anilines is 1. The van der Waals surface area contributed by atoms with Crippen LogP contribution in [-0.4, -0.2) is 35.1 Å². The number of likely N-dealkylation sites (tertiary alicyclic amines) is 1. The molecular formula is C23H32N2O5. The van der Waals surface area contributed by atoms with E-state index in [-0.39, 0.29) is 42.1 Å². The summed E-state index contributed by atoms with van der Waals surface area (Å²) in [5.41, 5.74) is 1.55. The second-order valence-electron chi connectivity index (χ2n) is 8.01. The first-order chi connectivity index (χ1) is 14.3. The largest absolute Gasteiger partial charge is 0.461 e. The van der Waals surface area contributed by atoms with Crippen LogP contribution in [0.15, 0.2) is 24.3 Å². The topological polar surface area (TPSA) is 92.8 Å². The van der Waals surface area contributed by atoms with Crippen LogP contribution < -0.4 is 5.32 Å². The minimum Gasteiger partial charge on any atom is -0.461 e. The average molecular weight is 417 g/mol. The summed E-state index contributed by atoms with van der Waals surface area (Å²) in [5.74, 6) is -0.465. The smallest absolute Gasteiger partial charge is 0.305 e. The Morgan fingerprint density at radius 2 is 1.83 bits per heavy atom. The molecule has 1 aromatic carbocycles. The summed E-state index contributed by atoms with van der Waals surface area (Å²) in [4.78, 5) is 48.9. The quantitative estimate of drug-likeness (QED) is 0.337. The highest BCUT2D eigenvalue weighted by molar-refractivity contribution is 6.03. The average Bonchev–Trinajstić information content (AvgIpc) is 3.01. The molecule has 0 spiro atoms. The molecule has 1 aliphatic rings. The van der Waals surface area contributed by atoms with Gasteiger partial charge < -0.3 is 10.1 Å². The molecule has 1 N–H and O–H groups in total. The zero-order valence-corrected chi connectivity index (χ0v) is 18.1. The fourth-order valence-corrected chi connectivity index (χ4v) is 3.37. The first-order valence-electron chi connectivity index (χ1n) is 10.7. The summed E-state index contributed by atoms with van der Waals surface area (Å²) in [6, 6.07) is 7.19. The third-order valence-corrected chi connectivity index (χ3v) is 5.30. The number of carbonyl (C=O) groups is 4.